The third-order valence-electron chi connectivity index (χ3n) is 3.32. The molecule has 0 aliphatic carbocycles. The van der Waals surface area contributed by atoms with Crippen molar-refractivity contribution in [1.29, 1.82) is 0 Å². The molecule has 0 N–H and O–H groups in total. The number of carbonyl (C=O) groups is 1. The van der Waals surface area contributed by atoms with E-state index in [0.717, 1.165) is 31.0 Å². The van der Waals surface area contributed by atoms with Gasteiger partial charge in [-0.1, -0.05) is 18.2 Å². The number of hydrogen-bond donors (Lipinski definition) is 0. The number of hydrogen-bond acceptors (Lipinski definition) is 4. The fourth-order valence-corrected chi connectivity index (χ4v) is 3.63. The van der Waals surface area contributed by atoms with Crippen molar-refractivity contribution < 1.29 is 9.53 Å². The average molecular weight is 279 g/mol. The SMILES string of the molecule is COC(=O)c1ccccc1CN1CCSC(C)(C)C1. The Hall–Kier alpha value is -1.00. The molecule has 1 heterocycles. The molecule has 0 atom stereocenters. The van der Waals surface area contributed by atoms with Gasteiger partial charge >= 0.3 is 5.97 Å². The highest BCUT2D eigenvalue weighted by molar-refractivity contribution is 8.00. The number of thioether (sulfide) groups is 1. The fourth-order valence-electron chi connectivity index (χ4n) is 2.46. The van der Waals surface area contributed by atoms with Crippen LogP contribution in [0.1, 0.15) is 29.8 Å². The molecule has 2 rings (SSSR count). The number of carbonyl (C=O) groups excluding carboxylic acids is 1. The second-order valence-electron chi connectivity index (χ2n) is 5.47. The van der Waals surface area contributed by atoms with E-state index in [1.807, 2.05) is 36.0 Å². The van der Waals surface area contributed by atoms with Gasteiger partial charge in [-0.05, 0) is 25.5 Å². The molecule has 0 spiro atoms. The molecule has 0 amide bonds. The molecule has 1 aromatic rings. The lowest BCUT2D eigenvalue weighted by molar-refractivity contribution is 0.0598. The van der Waals surface area contributed by atoms with Crippen molar-refractivity contribution in [3.05, 3.63) is 35.4 Å². The molecule has 0 unspecified atom stereocenters. The Morgan fingerprint density at radius 3 is 2.84 bits per heavy atom. The normalized spacial score (nSPS) is 19.1. The quantitative estimate of drug-likeness (QED) is 0.796. The summed E-state index contributed by atoms with van der Waals surface area (Å²) in [4.78, 5) is 14.2. The van der Waals surface area contributed by atoms with Gasteiger partial charge in [0.1, 0.15) is 0 Å². The van der Waals surface area contributed by atoms with Crippen molar-refractivity contribution in [3.8, 4) is 0 Å². The Labute approximate surface area is 119 Å². The van der Waals surface area contributed by atoms with Crippen molar-refractivity contribution in [2.45, 2.75) is 25.1 Å². The maximum Gasteiger partial charge on any atom is 0.338 e. The minimum absolute atomic E-state index is 0.249. The maximum atomic E-state index is 11.8. The topological polar surface area (TPSA) is 29.5 Å². The Morgan fingerprint density at radius 2 is 2.16 bits per heavy atom. The molecule has 0 aromatic heterocycles. The zero-order chi connectivity index (χ0) is 13.9. The highest BCUT2D eigenvalue weighted by atomic mass is 32.2. The molecule has 0 radical (unpaired) electrons. The van der Waals surface area contributed by atoms with Crippen LogP contribution in [0, 0.1) is 0 Å². The van der Waals surface area contributed by atoms with Crippen molar-refractivity contribution >= 4 is 17.7 Å². The number of nitrogens with zero attached hydrogens (tertiary/aromatic N) is 1. The first-order valence-electron chi connectivity index (χ1n) is 6.54. The largest absolute Gasteiger partial charge is 0.465 e. The highest BCUT2D eigenvalue weighted by Gasteiger charge is 2.27. The van der Waals surface area contributed by atoms with E-state index < -0.39 is 0 Å². The second-order valence-corrected chi connectivity index (χ2v) is 7.27. The molecule has 104 valence electrons. The summed E-state index contributed by atoms with van der Waals surface area (Å²) in [7, 11) is 1.43. The van der Waals surface area contributed by atoms with Crippen LogP contribution in [0.4, 0.5) is 0 Å². The van der Waals surface area contributed by atoms with Gasteiger partial charge in [-0.25, -0.2) is 4.79 Å². The van der Waals surface area contributed by atoms with Gasteiger partial charge in [-0.2, -0.15) is 11.8 Å². The van der Waals surface area contributed by atoms with Crippen LogP contribution < -0.4 is 0 Å². The Balaban J connectivity index is 2.13. The van der Waals surface area contributed by atoms with Crippen molar-refractivity contribution in [3.63, 3.8) is 0 Å². The number of methoxy groups -OCH3 is 1. The van der Waals surface area contributed by atoms with Gasteiger partial charge in [0.05, 0.1) is 12.7 Å². The summed E-state index contributed by atoms with van der Waals surface area (Å²) < 4.78 is 5.14. The molecule has 0 bridgehead atoms. The summed E-state index contributed by atoms with van der Waals surface area (Å²) >= 11 is 2.02. The summed E-state index contributed by atoms with van der Waals surface area (Å²) in [6.07, 6.45) is 0. The lowest BCUT2D eigenvalue weighted by Crippen LogP contribution is -2.42. The fraction of sp³-hybridized carbons (Fsp3) is 0.533. The molecular weight excluding hydrogens is 258 g/mol. The third-order valence-corrected chi connectivity index (χ3v) is 4.62. The molecule has 1 aliphatic heterocycles. The first kappa shape index (κ1) is 14.4. The Kier molecular flexibility index (Phi) is 4.53. The Bertz CT molecular complexity index is 459. The van der Waals surface area contributed by atoms with Gasteiger partial charge in [0.2, 0.25) is 0 Å². The van der Waals surface area contributed by atoms with Crippen molar-refractivity contribution in [2.75, 3.05) is 26.0 Å². The number of rotatable bonds is 3. The van der Waals surface area contributed by atoms with Gasteiger partial charge in [-0.3, -0.25) is 4.90 Å². The minimum atomic E-state index is -0.249. The Morgan fingerprint density at radius 1 is 1.42 bits per heavy atom. The molecule has 1 aliphatic rings. The van der Waals surface area contributed by atoms with Crippen LogP contribution in [-0.2, 0) is 11.3 Å². The van der Waals surface area contributed by atoms with Crippen LogP contribution in [0.25, 0.3) is 0 Å². The molecule has 4 heteroatoms. The van der Waals surface area contributed by atoms with E-state index in [1.165, 1.54) is 7.11 Å². The lowest BCUT2D eigenvalue weighted by atomic mass is 10.1. The second kappa shape index (κ2) is 5.97. The molecule has 0 saturated carbocycles. The van der Waals surface area contributed by atoms with E-state index in [2.05, 4.69) is 18.7 Å². The maximum absolute atomic E-state index is 11.8. The zero-order valence-corrected chi connectivity index (χ0v) is 12.6. The van der Waals surface area contributed by atoms with E-state index >= 15 is 0 Å². The monoisotopic (exact) mass is 279 g/mol. The predicted octanol–water partition coefficient (Wildman–Crippen LogP) is 2.80. The molecule has 1 fully saturated rings. The van der Waals surface area contributed by atoms with Gasteiger partial charge in [0.15, 0.2) is 0 Å². The molecule has 1 saturated heterocycles. The first-order valence-corrected chi connectivity index (χ1v) is 7.53. The standard InChI is InChI=1S/C15H21NO2S/c1-15(2)11-16(8-9-19-15)10-12-6-4-5-7-13(12)14(17)18-3/h4-7H,8-11H2,1-3H3. The molecule has 1 aromatic carbocycles. The van der Waals surface area contributed by atoms with Crippen LogP contribution in [0.5, 0.6) is 0 Å². The van der Waals surface area contributed by atoms with E-state index in [9.17, 15) is 4.79 Å². The van der Waals surface area contributed by atoms with Gasteiger partial charge in [0, 0.05) is 30.1 Å². The summed E-state index contributed by atoms with van der Waals surface area (Å²) in [5.41, 5.74) is 1.73. The number of benzene rings is 1. The summed E-state index contributed by atoms with van der Waals surface area (Å²) in [5, 5.41) is 0. The zero-order valence-electron chi connectivity index (χ0n) is 11.8. The molecular formula is C15H21NO2S. The average Bonchev–Trinajstić information content (AvgIpc) is 2.37. The molecule has 3 nitrogen and oxygen atoms in total. The van der Waals surface area contributed by atoms with E-state index in [-0.39, 0.29) is 5.97 Å². The smallest absolute Gasteiger partial charge is 0.338 e. The summed E-state index contributed by atoms with van der Waals surface area (Å²) in [5.74, 6) is 0.897. The lowest BCUT2D eigenvalue weighted by Gasteiger charge is -2.37. The van der Waals surface area contributed by atoms with Gasteiger partial charge in [-0.15, -0.1) is 0 Å². The van der Waals surface area contributed by atoms with Crippen LogP contribution in [-0.4, -0.2) is 41.6 Å². The van der Waals surface area contributed by atoms with Crippen LogP contribution in [0.15, 0.2) is 24.3 Å². The van der Waals surface area contributed by atoms with Crippen molar-refractivity contribution in [2.24, 2.45) is 0 Å². The van der Waals surface area contributed by atoms with Crippen LogP contribution >= 0.6 is 11.8 Å². The van der Waals surface area contributed by atoms with E-state index in [4.69, 9.17) is 4.74 Å². The van der Waals surface area contributed by atoms with Crippen LogP contribution in [0.3, 0.4) is 0 Å². The van der Waals surface area contributed by atoms with E-state index in [0.29, 0.717) is 10.3 Å². The summed E-state index contributed by atoms with van der Waals surface area (Å²) in [6, 6.07) is 7.71. The van der Waals surface area contributed by atoms with Gasteiger partial charge in [0.25, 0.3) is 0 Å². The van der Waals surface area contributed by atoms with Gasteiger partial charge < -0.3 is 4.74 Å². The van der Waals surface area contributed by atoms with E-state index in [1.54, 1.807) is 0 Å². The minimum Gasteiger partial charge on any atom is -0.465 e. The number of esters is 1. The highest BCUT2D eigenvalue weighted by Crippen LogP contribution is 2.30. The predicted molar refractivity (Wildman–Crippen MR) is 79.6 cm³/mol. The number of ether oxygens (including phenoxy) is 1. The third kappa shape index (κ3) is 3.74. The molecule has 19 heavy (non-hydrogen) atoms. The first-order chi connectivity index (χ1) is 9.02. The van der Waals surface area contributed by atoms with Crippen molar-refractivity contribution in [1.82, 2.24) is 4.90 Å². The summed E-state index contributed by atoms with van der Waals surface area (Å²) in [6.45, 7) is 7.48. The van der Waals surface area contributed by atoms with Crippen LogP contribution in [0.2, 0.25) is 0 Å².